The van der Waals surface area contributed by atoms with E-state index in [2.05, 4.69) is 25.8 Å². The second-order valence-electron chi connectivity index (χ2n) is 7.95. The van der Waals surface area contributed by atoms with Gasteiger partial charge in [-0.2, -0.15) is 18.3 Å². The quantitative estimate of drug-likeness (QED) is 0.446. The number of morpholine rings is 1. The van der Waals surface area contributed by atoms with Crippen molar-refractivity contribution in [3.05, 3.63) is 53.6 Å². The first-order chi connectivity index (χ1) is 17.3. The van der Waals surface area contributed by atoms with E-state index < -0.39 is 17.8 Å². The number of aryl methyl sites for hydroxylation is 1. The van der Waals surface area contributed by atoms with Crippen LogP contribution in [0.4, 0.5) is 30.5 Å². The second kappa shape index (κ2) is 10.8. The SMILES string of the molecule is Cc1nc(N2CCOCC2)c(NC(=O)c2cnnc(C(F)(F)F)c2)cc1-c1ccnc(NCCO)c1. The van der Waals surface area contributed by atoms with Crippen LogP contribution in [0.25, 0.3) is 11.1 Å². The molecular weight excluding hydrogens is 479 g/mol. The first kappa shape index (κ1) is 25.3. The van der Waals surface area contributed by atoms with Crippen LogP contribution in [-0.4, -0.2) is 70.6 Å². The molecule has 0 spiro atoms. The lowest BCUT2D eigenvalue weighted by Crippen LogP contribution is -2.37. The van der Waals surface area contributed by atoms with Crippen LogP contribution in [0.2, 0.25) is 0 Å². The van der Waals surface area contributed by atoms with Crippen molar-refractivity contribution < 1.29 is 27.8 Å². The van der Waals surface area contributed by atoms with Gasteiger partial charge in [-0.15, -0.1) is 5.10 Å². The number of ether oxygens (including phenoxy) is 1. The standard InChI is InChI=1S/C23H24F3N7O3/c1-14-17(15-2-3-27-20(11-15)28-4-7-34)12-18(21(30-14)33-5-8-36-9-6-33)31-22(35)16-10-19(23(24,25)26)32-29-13-16/h2-3,10-13,34H,4-9H2,1H3,(H,27,28)(H,31,35). The Morgan fingerprint density at radius 1 is 1.22 bits per heavy atom. The molecular formula is C23H24F3N7O3. The highest BCUT2D eigenvalue weighted by molar-refractivity contribution is 6.06. The van der Waals surface area contributed by atoms with E-state index in [9.17, 15) is 18.0 Å². The van der Waals surface area contributed by atoms with Gasteiger partial charge in [0.2, 0.25) is 0 Å². The molecule has 1 aliphatic heterocycles. The zero-order chi connectivity index (χ0) is 25.7. The average molecular weight is 503 g/mol. The first-order valence-corrected chi connectivity index (χ1v) is 11.1. The van der Waals surface area contributed by atoms with Crippen molar-refractivity contribution in [2.75, 3.05) is 55.0 Å². The Morgan fingerprint density at radius 2 is 2.00 bits per heavy atom. The summed E-state index contributed by atoms with van der Waals surface area (Å²) < 4.78 is 44.6. The van der Waals surface area contributed by atoms with Crippen LogP contribution >= 0.6 is 0 Å². The van der Waals surface area contributed by atoms with Crippen molar-refractivity contribution in [1.29, 1.82) is 0 Å². The summed E-state index contributed by atoms with van der Waals surface area (Å²) >= 11 is 0. The molecule has 1 aliphatic rings. The molecule has 0 unspecified atom stereocenters. The second-order valence-corrected chi connectivity index (χ2v) is 7.95. The van der Waals surface area contributed by atoms with Gasteiger partial charge >= 0.3 is 6.18 Å². The Kier molecular flexibility index (Phi) is 7.60. The molecule has 1 saturated heterocycles. The fraction of sp³-hybridized carbons (Fsp3) is 0.348. The van der Waals surface area contributed by atoms with Crippen LogP contribution in [0.1, 0.15) is 21.7 Å². The number of pyridine rings is 2. The lowest BCUT2D eigenvalue weighted by molar-refractivity contribution is -0.141. The van der Waals surface area contributed by atoms with Gasteiger partial charge in [-0.05, 0) is 36.8 Å². The monoisotopic (exact) mass is 503 g/mol. The van der Waals surface area contributed by atoms with Crippen molar-refractivity contribution in [3.63, 3.8) is 0 Å². The summed E-state index contributed by atoms with van der Waals surface area (Å²) in [7, 11) is 0. The number of hydrogen-bond acceptors (Lipinski definition) is 9. The molecule has 3 aromatic heterocycles. The molecule has 4 rings (SSSR count). The fourth-order valence-electron chi connectivity index (χ4n) is 3.70. The molecule has 1 amide bonds. The Labute approximate surface area is 204 Å². The van der Waals surface area contributed by atoms with E-state index in [4.69, 9.17) is 14.8 Å². The van der Waals surface area contributed by atoms with E-state index in [1.165, 1.54) is 0 Å². The van der Waals surface area contributed by atoms with Crippen LogP contribution in [0.5, 0.6) is 0 Å². The average Bonchev–Trinajstić information content (AvgIpc) is 2.88. The fourth-order valence-corrected chi connectivity index (χ4v) is 3.70. The topological polar surface area (TPSA) is 125 Å². The van der Waals surface area contributed by atoms with Gasteiger partial charge in [-0.3, -0.25) is 4.79 Å². The van der Waals surface area contributed by atoms with E-state index >= 15 is 0 Å². The van der Waals surface area contributed by atoms with E-state index in [-0.39, 0.29) is 12.2 Å². The Balaban J connectivity index is 1.72. The minimum Gasteiger partial charge on any atom is -0.395 e. The summed E-state index contributed by atoms with van der Waals surface area (Å²) in [6.45, 7) is 4.12. The maximum Gasteiger partial charge on any atom is 0.435 e. The number of hydrogen-bond donors (Lipinski definition) is 3. The maximum atomic E-state index is 13.1. The summed E-state index contributed by atoms with van der Waals surface area (Å²) in [6.07, 6.45) is -2.16. The van der Waals surface area contributed by atoms with E-state index in [1.54, 1.807) is 24.4 Å². The van der Waals surface area contributed by atoms with Crippen LogP contribution in [-0.2, 0) is 10.9 Å². The number of rotatable bonds is 7. The van der Waals surface area contributed by atoms with Gasteiger partial charge in [0.05, 0.1) is 37.3 Å². The number of aliphatic hydroxyl groups is 1. The molecule has 0 bridgehead atoms. The highest BCUT2D eigenvalue weighted by atomic mass is 19.4. The number of aliphatic hydroxyl groups excluding tert-OH is 1. The van der Waals surface area contributed by atoms with Gasteiger partial charge < -0.3 is 25.4 Å². The number of aromatic nitrogens is 4. The highest BCUT2D eigenvalue weighted by Crippen LogP contribution is 2.34. The van der Waals surface area contributed by atoms with Crippen molar-refractivity contribution in [2.45, 2.75) is 13.1 Å². The maximum absolute atomic E-state index is 13.1. The van der Waals surface area contributed by atoms with Gasteiger partial charge in [-0.1, -0.05) is 0 Å². The third-order valence-electron chi connectivity index (χ3n) is 5.45. The number of carbonyl (C=O) groups is 1. The Hall–Kier alpha value is -3.84. The van der Waals surface area contributed by atoms with Crippen molar-refractivity contribution in [2.24, 2.45) is 0 Å². The zero-order valence-corrected chi connectivity index (χ0v) is 19.3. The van der Waals surface area contributed by atoms with Crippen LogP contribution in [0, 0.1) is 6.92 Å². The number of alkyl halides is 3. The molecule has 0 saturated carbocycles. The van der Waals surface area contributed by atoms with Gasteiger partial charge in [0, 0.05) is 37.1 Å². The van der Waals surface area contributed by atoms with Gasteiger partial charge in [0.25, 0.3) is 5.91 Å². The van der Waals surface area contributed by atoms with Gasteiger partial charge in [0.1, 0.15) is 5.82 Å². The normalized spacial score (nSPS) is 14.0. The van der Waals surface area contributed by atoms with Crippen molar-refractivity contribution in [3.8, 4) is 11.1 Å². The highest BCUT2D eigenvalue weighted by Gasteiger charge is 2.34. The lowest BCUT2D eigenvalue weighted by Gasteiger charge is -2.30. The number of amides is 1. The summed E-state index contributed by atoms with van der Waals surface area (Å²) in [5.41, 5.74) is 0.913. The van der Waals surface area contributed by atoms with E-state index in [0.29, 0.717) is 67.5 Å². The molecule has 0 aromatic carbocycles. The summed E-state index contributed by atoms with van der Waals surface area (Å²) in [5, 5.41) is 21.2. The van der Waals surface area contributed by atoms with Crippen molar-refractivity contribution in [1.82, 2.24) is 20.2 Å². The molecule has 0 aliphatic carbocycles. The van der Waals surface area contributed by atoms with Crippen molar-refractivity contribution >= 4 is 23.2 Å². The Bertz CT molecular complexity index is 1230. The van der Waals surface area contributed by atoms with E-state index in [1.807, 2.05) is 11.8 Å². The first-order valence-electron chi connectivity index (χ1n) is 11.1. The molecule has 36 heavy (non-hydrogen) atoms. The summed E-state index contributed by atoms with van der Waals surface area (Å²) in [5.74, 6) is 0.256. The molecule has 4 heterocycles. The molecule has 1 fully saturated rings. The summed E-state index contributed by atoms with van der Waals surface area (Å²) in [4.78, 5) is 23.9. The van der Waals surface area contributed by atoms with Gasteiger partial charge in [0.15, 0.2) is 11.5 Å². The van der Waals surface area contributed by atoms with E-state index in [0.717, 1.165) is 11.8 Å². The smallest absolute Gasteiger partial charge is 0.395 e. The molecule has 13 heteroatoms. The lowest BCUT2D eigenvalue weighted by atomic mass is 10.0. The third-order valence-corrected chi connectivity index (χ3v) is 5.45. The Morgan fingerprint density at radius 3 is 2.72 bits per heavy atom. The van der Waals surface area contributed by atoms with Crippen LogP contribution in [0.3, 0.4) is 0 Å². The molecule has 10 nitrogen and oxygen atoms in total. The number of carbonyl (C=O) groups excluding carboxylic acids is 1. The predicted molar refractivity (Wildman–Crippen MR) is 126 cm³/mol. The minimum atomic E-state index is -4.73. The molecule has 3 aromatic rings. The molecule has 190 valence electrons. The number of anilines is 3. The zero-order valence-electron chi connectivity index (χ0n) is 19.3. The summed E-state index contributed by atoms with van der Waals surface area (Å²) in [6, 6.07) is 5.94. The minimum absolute atomic E-state index is 0.0587. The van der Waals surface area contributed by atoms with Crippen LogP contribution in [0.15, 0.2) is 36.7 Å². The molecule has 0 atom stereocenters. The molecule has 3 N–H and O–H groups in total. The van der Waals surface area contributed by atoms with Crippen LogP contribution < -0.4 is 15.5 Å². The predicted octanol–water partition coefficient (Wildman–Crippen LogP) is 2.75. The largest absolute Gasteiger partial charge is 0.435 e. The number of halogens is 3. The third kappa shape index (κ3) is 5.86. The number of nitrogens with one attached hydrogen (secondary N) is 2. The van der Waals surface area contributed by atoms with Gasteiger partial charge in [-0.25, -0.2) is 9.97 Å². The number of nitrogens with zero attached hydrogens (tertiary/aromatic N) is 5. The molecule has 0 radical (unpaired) electrons.